The first-order valence-corrected chi connectivity index (χ1v) is 6.91. The molecule has 0 aliphatic heterocycles. The number of aliphatic hydroxyl groups excluding tert-OH is 1. The van der Waals surface area contributed by atoms with Gasteiger partial charge in [-0.25, -0.2) is 4.39 Å². The average Bonchev–Trinajstić information content (AvgIpc) is 2.90. The topological polar surface area (TPSA) is 32.3 Å². The highest BCUT2D eigenvalue weighted by Gasteiger charge is 2.25. The number of halogens is 1. The molecular formula is C15H22FNO. The van der Waals surface area contributed by atoms with Crippen molar-refractivity contribution in [3.63, 3.8) is 0 Å². The molecule has 1 fully saturated rings. The zero-order chi connectivity index (χ0) is 12.8. The van der Waals surface area contributed by atoms with Crippen LogP contribution in [0.15, 0.2) is 24.3 Å². The van der Waals surface area contributed by atoms with Crippen LogP contribution >= 0.6 is 0 Å². The van der Waals surface area contributed by atoms with Gasteiger partial charge in [0.2, 0.25) is 0 Å². The molecule has 2 N–H and O–H groups in total. The number of hydrogen-bond donors (Lipinski definition) is 2. The van der Waals surface area contributed by atoms with Crippen LogP contribution in [0.1, 0.15) is 43.7 Å². The first-order chi connectivity index (χ1) is 8.81. The summed E-state index contributed by atoms with van der Waals surface area (Å²) in [5, 5.41) is 12.4. The normalized spacial score (nSPS) is 18.1. The van der Waals surface area contributed by atoms with Crippen LogP contribution < -0.4 is 5.32 Å². The van der Waals surface area contributed by atoms with Crippen LogP contribution in [-0.2, 0) is 0 Å². The van der Waals surface area contributed by atoms with Gasteiger partial charge in [0.25, 0.3) is 0 Å². The van der Waals surface area contributed by atoms with E-state index in [2.05, 4.69) is 5.32 Å². The maximum Gasteiger partial charge on any atom is 0.123 e. The number of rotatable bonds is 6. The molecule has 2 nitrogen and oxygen atoms in total. The minimum absolute atomic E-state index is 0.181. The van der Waals surface area contributed by atoms with E-state index in [9.17, 15) is 4.39 Å². The van der Waals surface area contributed by atoms with Crippen molar-refractivity contribution in [3.05, 3.63) is 35.6 Å². The van der Waals surface area contributed by atoms with Crippen LogP contribution in [0.3, 0.4) is 0 Å². The second kappa shape index (κ2) is 6.86. The maximum atomic E-state index is 13.0. The molecule has 0 amide bonds. The number of aliphatic hydroxyl groups is 1. The first-order valence-electron chi connectivity index (χ1n) is 6.91. The molecule has 100 valence electrons. The van der Waals surface area contributed by atoms with E-state index in [4.69, 9.17) is 5.11 Å². The summed E-state index contributed by atoms with van der Waals surface area (Å²) in [6, 6.07) is 7.13. The second-order valence-corrected chi connectivity index (χ2v) is 5.11. The van der Waals surface area contributed by atoms with Gasteiger partial charge < -0.3 is 10.4 Å². The monoisotopic (exact) mass is 251 g/mol. The van der Waals surface area contributed by atoms with E-state index in [0.717, 1.165) is 13.0 Å². The van der Waals surface area contributed by atoms with E-state index >= 15 is 0 Å². The minimum Gasteiger partial charge on any atom is -0.396 e. The lowest BCUT2D eigenvalue weighted by Gasteiger charge is -2.25. The lowest BCUT2D eigenvalue weighted by Crippen LogP contribution is -2.28. The van der Waals surface area contributed by atoms with Crippen molar-refractivity contribution in [3.8, 4) is 0 Å². The fourth-order valence-electron chi connectivity index (χ4n) is 2.85. The smallest absolute Gasteiger partial charge is 0.123 e. The minimum atomic E-state index is -0.181. The van der Waals surface area contributed by atoms with Crippen molar-refractivity contribution >= 4 is 0 Å². The number of benzene rings is 1. The van der Waals surface area contributed by atoms with E-state index in [1.807, 2.05) is 12.1 Å². The number of nitrogens with one attached hydrogen (secondary N) is 1. The van der Waals surface area contributed by atoms with Gasteiger partial charge in [0.1, 0.15) is 5.82 Å². The summed E-state index contributed by atoms with van der Waals surface area (Å²) in [6.45, 7) is 1.03. The largest absolute Gasteiger partial charge is 0.396 e. The van der Waals surface area contributed by atoms with Crippen LogP contribution in [0.2, 0.25) is 0 Å². The van der Waals surface area contributed by atoms with Gasteiger partial charge in [0, 0.05) is 12.6 Å². The highest BCUT2D eigenvalue weighted by Crippen LogP contribution is 2.35. The summed E-state index contributed by atoms with van der Waals surface area (Å²) in [4.78, 5) is 0. The van der Waals surface area contributed by atoms with Crippen LogP contribution in [0.4, 0.5) is 4.39 Å². The second-order valence-electron chi connectivity index (χ2n) is 5.11. The Kier molecular flexibility index (Phi) is 5.14. The first kappa shape index (κ1) is 13.5. The molecule has 0 heterocycles. The summed E-state index contributed by atoms with van der Waals surface area (Å²) in [7, 11) is 0. The van der Waals surface area contributed by atoms with Crippen LogP contribution in [-0.4, -0.2) is 18.3 Å². The van der Waals surface area contributed by atoms with Crippen molar-refractivity contribution in [2.75, 3.05) is 13.2 Å². The third-order valence-corrected chi connectivity index (χ3v) is 3.80. The van der Waals surface area contributed by atoms with Crippen LogP contribution in [0, 0.1) is 11.7 Å². The lowest BCUT2D eigenvalue weighted by atomic mass is 9.91. The summed E-state index contributed by atoms with van der Waals surface area (Å²) < 4.78 is 13.0. The Morgan fingerprint density at radius 1 is 1.22 bits per heavy atom. The van der Waals surface area contributed by atoms with Crippen molar-refractivity contribution in [1.29, 1.82) is 0 Å². The van der Waals surface area contributed by atoms with E-state index in [1.165, 1.54) is 43.4 Å². The maximum absolute atomic E-state index is 13.0. The third-order valence-electron chi connectivity index (χ3n) is 3.80. The molecular weight excluding hydrogens is 229 g/mol. The van der Waals surface area contributed by atoms with E-state index in [1.54, 1.807) is 0 Å². The van der Waals surface area contributed by atoms with Gasteiger partial charge in [-0.1, -0.05) is 25.0 Å². The molecule has 0 aromatic heterocycles. The predicted molar refractivity (Wildman–Crippen MR) is 70.8 cm³/mol. The molecule has 1 aliphatic rings. The van der Waals surface area contributed by atoms with Gasteiger partial charge in [0.05, 0.1) is 0 Å². The van der Waals surface area contributed by atoms with Crippen molar-refractivity contribution in [2.45, 2.75) is 38.1 Å². The molecule has 1 saturated carbocycles. The Morgan fingerprint density at radius 3 is 2.50 bits per heavy atom. The Hall–Kier alpha value is -0.930. The molecule has 1 aliphatic carbocycles. The Labute approximate surface area is 108 Å². The highest BCUT2D eigenvalue weighted by atomic mass is 19.1. The summed E-state index contributed by atoms with van der Waals surface area (Å²) in [6.07, 6.45) is 5.85. The van der Waals surface area contributed by atoms with Gasteiger partial charge in [-0.05, 0) is 49.4 Å². The predicted octanol–water partition coefficient (Wildman–Crippen LogP) is 3.03. The summed E-state index contributed by atoms with van der Waals surface area (Å²) in [5.74, 6) is 0.466. The average molecular weight is 251 g/mol. The highest BCUT2D eigenvalue weighted by molar-refractivity contribution is 5.21. The zero-order valence-electron chi connectivity index (χ0n) is 10.7. The SMILES string of the molecule is OCCCNC(c1ccc(F)cc1)C1CCCC1. The molecule has 18 heavy (non-hydrogen) atoms. The Bertz CT molecular complexity index is 346. The molecule has 1 unspecified atom stereocenters. The molecule has 0 radical (unpaired) electrons. The standard InChI is InChI=1S/C15H22FNO/c16-14-8-6-13(7-9-14)15(17-10-3-11-18)12-4-1-2-5-12/h6-9,12,15,17-18H,1-5,10-11H2. The van der Waals surface area contributed by atoms with Crippen LogP contribution in [0.5, 0.6) is 0 Å². The van der Waals surface area contributed by atoms with E-state index in [0.29, 0.717) is 12.0 Å². The quantitative estimate of drug-likeness (QED) is 0.762. The zero-order valence-corrected chi connectivity index (χ0v) is 10.7. The van der Waals surface area contributed by atoms with Gasteiger partial charge in [-0.15, -0.1) is 0 Å². The fraction of sp³-hybridized carbons (Fsp3) is 0.600. The fourth-order valence-corrected chi connectivity index (χ4v) is 2.85. The van der Waals surface area contributed by atoms with E-state index in [-0.39, 0.29) is 12.4 Å². The Balaban J connectivity index is 2.05. The molecule has 1 atom stereocenters. The molecule has 1 aromatic carbocycles. The molecule has 0 saturated heterocycles. The van der Waals surface area contributed by atoms with Crippen molar-refractivity contribution < 1.29 is 9.50 Å². The van der Waals surface area contributed by atoms with Gasteiger partial charge in [0.15, 0.2) is 0 Å². The summed E-state index contributed by atoms with van der Waals surface area (Å²) >= 11 is 0. The summed E-state index contributed by atoms with van der Waals surface area (Å²) in [5.41, 5.74) is 1.17. The lowest BCUT2D eigenvalue weighted by molar-refractivity contribution is 0.275. The molecule has 3 heteroatoms. The number of hydrogen-bond acceptors (Lipinski definition) is 2. The molecule has 0 bridgehead atoms. The molecule has 0 spiro atoms. The van der Waals surface area contributed by atoms with E-state index < -0.39 is 0 Å². The van der Waals surface area contributed by atoms with Gasteiger partial charge in [-0.2, -0.15) is 0 Å². The van der Waals surface area contributed by atoms with Gasteiger partial charge >= 0.3 is 0 Å². The molecule has 1 aromatic rings. The Morgan fingerprint density at radius 2 is 1.89 bits per heavy atom. The van der Waals surface area contributed by atoms with Gasteiger partial charge in [-0.3, -0.25) is 0 Å². The van der Waals surface area contributed by atoms with Crippen molar-refractivity contribution in [1.82, 2.24) is 5.32 Å². The third kappa shape index (κ3) is 3.53. The van der Waals surface area contributed by atoms with Crippen LogP contribution in [0.25, 0.3) is 0 Å². The molecule has 2 rings (SSSR count). The van der Waals surface area contributed by atoms with Crippen molar-refractivity contribution in [2.24, 2.45) is 5.92 Å².